The Morgan fingerprint density at radius 2 is 1.88 bits per heavy atom. The molecule has 3 aromatic rings. The van der Waals surface area contributed by atoms with E-state index in [1.54, 1.807) is 25.4 Å². The van der Waals surface area contributed by atoms with Crippen molar-refractivity contribution in [1.82, 2.24) is 14.9 Å². The van der Waals surface area contributed by atoms with Crippen LogP contribution in [0.15, 0.2) is 54.9 Å². The average Bonchev–Trinajstić information content (AvgIpc) is 3.09. The Morgan fingerprint density at radius 3 is 2.65 bits per heavy atom. The Labute approximate surface area is 151 Å². The fourth-order valence-electron chi connectivity index (χ4n) is 2.71. The van der Waals surface area contributed by atoms with E-state index in [2.05, 4.69) is 10.3 Å². The number of rotatable bonds is 7. The molecule has 3 rings (SSSR count). The first-order valence-corrected chi connectivity index (χ1v) is 8.65. The van der Waals surface area contributed by atoms with Crippen molar-refractivity contribution in [2.24, 2.45) is 0 Å². The van der Waals surface area contributed by atoms with Crippen LogP contribution < -0.4 is 5.32 Å². The first-order valence-electron chi connectivity index (χ1n) is 8.65. The van der Waals surface area contributed by atoms with Gasteiger partial charge < -0.3 is 10.1 Å². The summed E-state index contributed by atoms with van der Waals surface area (Å²) in [7, 11) is 0. The summed E-state index contributed by atoms with van der Waals surface area (Å²) in [5, 5.41) is 2.81. The van der Waals surface area contributed by atoms with Crippen LogP contribution in [0.1, 0.15) is 30.1 Å². The molecule has 0 saturated heterocycles. The van der Waals surface area contributed by atoms with Crippen LogP contribution in [-0.2, 0) is 9.53 Å². The van der Waals surface area contributed by atoms with E-state index in [-0.39, 0.29) is 11.9 Å². The normalized spacial score (nSPS) is 10.7. The van der Waals surface area contributed by atoms with Crippen molar-refractivity contribution in [1.29, 1.82) is 0 Å². The van der Waals surface area contributed by atoms with Gasteiger partial charge in [0.25, 0.3) is 5.91 Å². The Kier molecular flexibility index (Phi) is 5.63. The smallest absolute Gasteiger partial charge is 0.305 e. The third-order valence-corrected chi connectivity index (χ3v) is 4.01. The van der Waals surface area contributed by atoms with E-state index >= 15 is 0 Å². The molecular weight excluding hydrogens is 330 g/mol. The average molecular weight is 351 g/mol. The van der Waals surface area contributed by atoms with Crippen molar-refractivity contribution in [2.75, 3.05) is 13.2 Å². The fraction of sp³-hybridized carbons (Fsp3) is 0.250. The third kappa shape index (κ3) is 4.08. The molecule has 134 valence electrons. The molecule has 1 aromatic heterocycles. The standard InChI is InChI=1S/C20H21N3O3/c1-2-26-19(24)8-5-13-21-20(25)15-9-11-16(12-10-15)23-14-22-17-6-3-4-7-18(17)23/h3-4,6-7,9-12,14H,2,5,8,13H2,1H3,(H,21,25). The largest absolute Gasteiger partial charge is 0.466 e. The molecule has 0 bridgehead atoms. The monoisotopic (exact) mass is 351 g/mol. The van der Waals surface area contributed by atoms with Crippen LogP contribution in [0.5, 0.6) is 0 Å². The van der Waals surface area contributed by atoms with Gasteiger partial charge in [-0.3, -0.25) is 14.2 Å². The van der Waals surface area contributed by atoms with Gasteiger partial charge in [-0.2, -0.15) is 0 Å². The van der Waals surface area contributed by atoms with E-state index in [0.717, 1.165) is 16.7 Å². The van der Waals surface area contributed by atoms with E-state index in [1.165, 1.54) is 0 Å². The molecular formula is C20H21N3O3. The van der Waals surface area contributed by atoms with Gasteiger partial charge in [0.15, 0.2) is 0 Å². The molecule has 0 atom stereocenters. The molecule has 1 amide bonds. The summed E-state index contributed by atoms with van der Waals surface area (Å²) in [6, 6.07) is 15.2. The number of fused-ring (bicyclic) bond motifs is 1. The van der Waals surface area contributed by atoms with Gasteiger partial charge in [-0.1, -0.05) is 12.1 Å². The first kappa shape index (κ1) is 17.7. The molecule has 1 N–H and O–H groups in total. The fourth-order valence-corrected chi connectivity index (χ4v) is 2.71. The Balaban J connectivity index is 1.59. The van der Waals surface area contributed by atoms with Crippen LogP contribution in [0.2, 0.25) is 0 Å². The number of ether oxygens (including phenoxy) is 1. The van der Waals surface area contributed by atoms with Crippen LogP contribution >= 0.6 is 0 Å². The number of carbonyl (C=O) groups is 2. The van der Waals surface area contributed by atoms with Crippen molar-refractivity contribution in [3.05, 3.63) is 60.4 Å². The summed E-state index contributed by atoms with van der Waals surface area (Å²) in [5.41, 5.74) is 3.46. The summed E-state index contributed by atoms with van der Waals surface area (Å²) in [6.07, 6.45) is 2.64. The Bertz CT molecular complexity index is 900. The molecule has 6 heteroatoms. The van der Waals surface area contributed by atoms with Gasteiger partial charge in [0.05, 0.1) is 17.6 Å². The maximum Gasteiger partial charge on any atom is 0.305 e. The van der Waals surface area contributed by atoms with Gasteiger partial charge in [-0.25, -0.2) is 4.98 Å². The SMILES string of the molecule is CCOC(=O)CCCNC(=O)c1ccc(-n2cnc3ccccc32)cc1. The van der Waals surface area contributed by atoms with Gasteiger partial charge in [-0.05, 0) is 49.7 Å². The van der Waals surface area contributed by atoms with Crippen LogP contribution in [-0.4, -0.2) is 34.6 Å². The van der Waals surface area contributed by atoms with Crippen LogP contribution in [0, 0.1) is 0 Å². The maximum atomic E-state index is 12.2. The third-order valence-electron chi connectivity index (χ3n) is 4.01. The second-order valence-electron chi connectivity index (χ2n) is 5.81. The predicted molar refractivity (Wildman–Crippen MR) is 99.3 cm³/mol. The quantitative estimate of drug-likeness (QED) is 0.524. The Hall–Kier alpha value is -3.15. The van der Waals surface area contributed by atoms with Crippen molar-refractivity contribution in [3.8, 4) is 5.69 Å². The predicted octanol–water partition coefficient (Wildman–Crippen LogP) is 3.10. The molecule has 0 unspecified atom stereocenters. The van der Waals surface area contributed by atoms with E-state index in [4.69, 9.17) is 4.74 Å². The minimum atomic E-state index is -0.237. The first-order chi connectivity index (χ1) is 12.7. The van der Waals surface area contributed by atoms with Crippen molar-refractivity contribution in [2.45, 2.75) is 19.8 Å². The molecule has 0 saturated carbocycles. The molecule has 0 spiro atoms. The summed E-state index contributed by atoms with van der Waals surface area (Å²) in [4.78, 5) is 27.8. The lowest BCUT2D eigenvalue weighted by Gasteiger charge is -2.07. The molecule has 26 heavy (non-hydrogen) atoms. The molecule has 0 aliphatic carbocycles. The number of imidazole rings is 1. The number of carbonyl (C=O) groups excluding carboxylic acids is 2. The highest BCUT2D eigenvalue weighted by atomic mass is 16.5. The number of hydrogen-bond acceptors (Lipinski definition) is 4. The van der Waals surface area contributed by atoms with Crippen molar-refractivity contribution < 1.29 is 14.3 Å². The van der Waals surface area contributed by atoms with Gasteiger partial charge in [0.1, 0.15) is 6.33 Å². The lowest BCUT2D eigenvalue weighted by Crippen LogP contribution is -2.25. The summed E-state index contributed by atoms with van der Waals surface area (Å²) >= 11 is 0. The summed E-state index contributed by atoms with van der Waals surface area (Å²) < 4.78 is 6.84. The van der Waals surface area contributed by atoms with Gasteiger partial charge in [-0.15, -0.1) is 0 Å². The highest BCUT2D eigenvalue weighted by Crippen LogP contribution is 2.18. The molecule has 0 radical (unpaired) electrons. The molecule has 0 fully saturated rings. The highest BCUT2D eigenvalue weighted by molar-refractivity contribution is 5.94. The summed E-state index contributed by atoms with van der Waals surface area (Å²) in [6.45, 7) is 2.59. The lowest BCUT2D eigenvalue weighted by molar-refractivity contribution is -0.143. The topological polar surface area (TPSA) is 73.2 Å². The van der Waals surface area contributed by atoms with Crippen molar-refractivity contribution >= 4 is 22.9 Å². The zero-order chi connectivity index (χ0) is 18.4. The van der Waals surface area contributed by atoms with E-state index in [1.807, 2.05) is 41.0 Å². The zero-order valence-corrected chi connectivity index (χ0v) is 14.6. The molecule has 2 aromatic carbocycles. The van der Waals surface area contributed by atoms with Gasteiger partial charge in [0.2, 0.25) is 0 Å². The maximum absolute atomic E-state index is 12.2. The second kappa shape index (κ2) is 8.29. The van der Waals surface area contributed by atoms with Gasteiger partial charge >= 0.3 is 5.97 Å². The van der Waals surface area contributed by atoms with Crippen LogP contribution in [0.3, 0.4) is 0 Å². The highest BCUT2D eigenvalue weighted by Gasteiger charge is 2.08. The van der Waals surface area contributed by atoms with Crippen LogP contribution in [0.4, 0.5) is 0 Å². The molecule has 0 aliphatic rings. The molecule has 6 nitrogen and oxygen atoms in total. The number of aromatic nitrogens is 2. The second-order valence-corrected chi connectivity index (χ2v) is 5.81. The minimum absolute atomic E-state index is 0.157. The number of hydrogen-bond donors (Lipinski definition) is 1. The lowest BCUT2D eigenvalue weighted by atomic mass is 10.2. The number of benzene rings is 2. The molecule has 1 heterocycles. The van der Waals surface area contributed by atoms with E-state index < -0.39 is 0 Å². The number of para-hydroxylation sites is 2. The summed E-state index contributed by atoms with van der Waals surface area (Å²) in [5.74, 6) is -0.394. The minimum Gasteiger partial charge on any atom is -0.466 e. The zero-order valence-electron chi connectivity index (χ0n) is 14.6. The van der Waals surface area contributed by atoms with Crippen LogP contribution in [0.25, 0.3) is 16.7 Å². The number of nitrogens with one attached hydrogen (secondary N) is 1. The molecule has 0 aliphatic heterocycles. The number of nitrogens with zero attached hydrogens (tertiary/aromatic N) is 2. The number of esters is 1. The Morgan fingerprint density at radius 1 is 1.12 bits per heavy atom. The number of amides is 1. The van der Waals surface area contributed by atoms with Gasteiger partial charge in [0, 0.05) is 24.2 Å². The van der Waals surface area contributed by atoms with E-state index in [9.17, 15) is 9.59 Å². The van der Waals surface area contributed by atoms with Crippen molar-refractivity contribution in [3.63, 3.8) is 0 Å². The van der Waals surface area contributed by atoms with E-state index in [0.29, 0.717) is 31.6 Å².